The zero-order valence-electron chi connectivity index (χ0n) is 15.6. The smallest absolute Gasteiger partial charge is 0.321 e. The van der Waals surface area contributed by atoms with Crippen LogP contribution >= 0.6 is 11.8 Å². The van der Waals surface area contributed by atoms with Gasteiger partial charge in [-0.05, 0) is 37.3 Å². The van der Waals surface area contributed by atoms with Crippen LogP contribution in [0.3, 0.4) is 0 Å². The highest BCUT2D eigenvalue weighted by molar-refractivity contribution is 7.99. The zero-order chi connectivity index (χ0) is 19.2. The summed E-state index contributed by atoms with van der Waals surface area (Å²) in [5.74, 6) is 0.194. The fourth-order valence-electron chi connectivity index (χ4n) is 3.35. The maximum Gasteiger partial charge on any atom is 0.321 e. The van der Waals surface area contributed by atoms with E-state index in [4.69, 9.17) is 0 Å². The SMILES string of the molecule is Cc1ccccc1-n1cnnc1SCC(=O)NC(=O)NC1CCCCC1C. The molecule has 1 aromatic heterocycles. The molecule has 1 aliphatic carbocycles. The van der Waals surface area contributed by atoms with Gasteiger partial charge in [0.15, 0.2) is 5.16 Å². The Morgan fingerprint density at radius 3 is 2.81 bits per heavy atom. The number of thioether (sulfide) groups is 1. The predicted molar refractivity (Wildman–Crippen MR) is 105 cm³/mol. The summed E-state index contributed by atoms with van der Waals surface area (Å²) in [5.41, 5.74) is 2.05. The highest BCUT2D eigenvalue weighted by Gasteiger charge is 2.23. The third-order valence-corrected chi connectivity index (χ3v) is 5.85. The van der Waals surface area contributed by atoms with Crippen LogP contribution < -0.4 is 10.6 Å². The minimum absolute atomic E-state index is 0.0955. The van der Waals surface area contributed by atoms with Gasteiger partial charge in [-0.15, -0.1) is 10.2 Å². The first-order chi connectivity index (χ1) is 13.0. The van der Waals surface area contributed by atoms with Gasteiger partial charge in [0.1, 0.15) is 6.33 Å². The Kier molecular flexibility index (Phi) is 6.49. The number of carbonyl (C=O) groups is 2. The maximum absolute atomic E-state index is 12.1. The van der Waals surface area contributed by atoms with Gasteiger partial charge in [0.05, 0.1) is 11.4 Å². The highest BCUT2D eigenvalue weighted by Crippen LogP contribution is 2.24. The molecule has 2 aromatic rings. The molecule has 3 amide bonds. The largest absolute Gasteiger partial charge is 0.335 e. The number of urea groups is 1. The monoisotopic (exact) mass is 387 g/mol. The van der Waals surface area contributed by atoms with E-state index in [2.05, 4.69) is 27.8 Å². The first-order valence-electron chi connectivity index (χ1n) is 9.24. The Hall–Kier alpha value is -2.35. The summed E-state index contributed by atoms with van der Waals surface area (Å²) < 4.78 is 1.84. The predicted octanol–water partition coefficient (Wildman–Crippen LogP) is 3.07. The molecule has 144 valence electrons. The molecule has 8 heteroatoms. The Morgan fingerprint density at radius 1 is 1.26 bits per heavy atom. The van der Waals surface area contributed by atoms with Crippen LogP contribution in [0.2, 0.25) is 0 Å². The number of nitrogens with zero attached hydrogens (tertiary/aromatic N) is 3. The average molecular weight is 388 g/mol. The number of nitrogens with one attached hydrogen (secondary N) is 2. The lowest BCUT2D eigenvalue weighted by Gasteiger charge is -2.29. The lowest BCUT2D eigenvalue weighted by Crippen LogP contribution is -2.48. The maximum atomic E-state index is 12.1. The summed E-state index contributed by atoms with van der Waals surface area (Å²) in [7, 11) is 0. The Morgan fingerprint density at radius 2 is 2.04 bits per heavy atom. The second kappa shape index (κ2) is 9.03. The van der Waals surface area contributed by atoms with E-state index in [1.165, 1.54) is 18.2 Å². The lowest BCUT2D eigenvalue weighted by atomic mass is 9.86. The van der Waals surface area contributed by atoms with Crippen LogP contribution in [-0.2, 0) is 4.79 Å². The number of benzene rings is 1. The number of aromatic nitrogens is 3. The van der Waals surface area contributed by atoms with E-state index >= 15 is 0 Å². The summed E-state index contributed by atoms with van der Waals surface area (Å²) >= 11 is 1.25. The molecule has 0 spiro atoms. The molecule has 27 heavy (non-hydrogen) atoms. The Labute approximate surface area is 163 Å². The van der Waals surface area contributed by atoms with E-state index in [1.807, 2.05) is 35.8 Å². The minimum Gasteiger partial charge on any atom is -0.335 e. The fraction of sp³-hybridized carbons (Fsp3) is 0.474. The minimum atomic E-state index is -0.417. The van der Waals surface area contributed by atoms with Crippen LogP contribution in [-0.4, -0.2) is 38.5 Å². The van der Waals surface area contributed by atoms with Crippen molar-refractivity contribution in [2.75, 3.05) is 5.75 Å². The molecule has 0 radical (unpaired) electrons. The van der Waals surface area contributed by atoms with Crippen molar-refractivity contribution in [1.29, 1.82) is 0 Å². The Balaban J connectivity index is 1.52. The molecule has 2 N–H and O–H groups in total. The van der Waals surface area contributed by atoms with Gasteiger partial charge in [-0.3, -0.25) is 14.7 Å². The molecule has 1 saturated carbocycles. The molecular formula is C19H25N5O2S. The van der Waals surface area contributed by atoms with Crippen LogP contribution in [0, 0.1) is 12.8 Å². The van der Waals surface area contributed by atoms with Crippen molar-refractivity contribution >= 4 is 23.7 Å². The molecule has 2 unspecified atom stereocenters. The summed E-state index contributed by atoms with van der Waals surface area (Å²) in [5, 5.41) is 14.0. The van der Waals surface area contributed by atoms with E-state index < -0.39 is 6.03 Å². The molecule has 2 atom stereocenters. The van der Waals surface area contributed by atoms with E-state index in [-0.39, 0.29) is 17.7 Å². The van der Waals surface area contributed by atoms with E-state index in [9.17, 15) is 9.59 Å². The van der Waals surface area contributed by atoms with Crippen molar-refractivity contribution < 1.29 is 9.59 Å². The molecule has 1 heterocycles. The lowest BCUT2D eigenvalue weighted by molar-refractivity contribution is -0.117. The van der Waals surface area contributed by atoms with Gasteiger partial charge in [-0.1, -0.05) is 49.7 Å². The number of hydrogen-bond donors (Lipinski definition) is 2. The zero-order valence-corrected chi connectivity index (χ0v) is 16.5. The quantitative estimate of drug-likeness (QED) is 0.770. The van der Waals surface area contributed by atoms with Crippen LogP contribution in [0.1, 0.15) is 38.2 Å². The van der Waals surface area contributed by atoms with Gasteiger partial charge >= 0.3 is 6.03 Å². The van der Waals surface area contributed by atoms with Crippen LogP contribution in [0.15, 0.2) is 35.7 Å². The Bertz CT molecular complexity index is 807. The first kappa shape index (κ1) is 19.4. The number of imide groups is 1. The molecule has 0 bridgehead atoms. The second-order valence-corrected chi connectivity index (χ2v) is 7.89. The normalized spacial score (nSPS) is 19.5. The van der Waals surface area contributed by atoms with E-state index in [0.717, 1.165) is 30.5 Å². The summed E-state index contributed by atoms with van der Waals surface area (Å²) in [6, 6.07) is 7.62. The molecule has 0 saturated heterocycles. The van der Waals surface area contributed by atoms with Crippen LogP contribution in [0.4, 0.5) is 4.79 Å². The summed E-state index contributed by atoms with van der Waals surface area (Å²) in [6.07, 6.45) is 6.03. The molecular weight excluding hydrogens is 362 g/mol. The van der Waals surface area contributed by atoms with Gasteiger partial charge in [0.25, 0.3) is 0 Å². The van der Waals surface area contributed by atoms with Gasteiger partial charge < -0.3 is 5.32 Å². The third-order valence-electron chi connectivity index (χ3n) is 4.90. The van der Waals surface area contributed by atoms with Crippen molar-refractivity contribution in [3.05, 3.63) is 36.2 Å². The van der Waals surface area contributed by atoms with Crippen LogP contribution in [0.25, 0.3) is 5.69 Å². The number of amides is 3. The number of rotatable bonds is 5. The number of hydrogen-bond acceptors (Lipinski definition) is 5. The number of aryl methyl sites for hydroxylation is 1. The summed E-state index contributed by atoms with van der Waals surface area (Å²) in [6.45, 7) is 4.15. The standard InChI is InChI=1S/C19H25N5O2S/c1-13-7-3-5-9-15(13)21-18(26)22-17(25)11-27-19-23-20-12-24(19)16-10-6-4-8-14(16)2/h4,6,8,10,12-13,15H,3,5,7,9,11H2,1-2H3,(H2,21,22,25,26). The topological polar surface area (TPSA) is 88.9 Å². The molecule has 1 aromatic carbocycles. The van der Waals surface area contributed by atoms with Gasteiger partial charge in [-0.25, -0.2) is 4.79 Å². The fourth-order valence-corrected chi connectivity index (χ4v) is 4.07. The van der Waals surface area contributed by atoms with E-state index in [1.54, 1.807) is 6.33 Å². The summed E-state index contributed by atoms with van der Waals surface area (Å²) in [4.78, 5) is 24.2. The molecule has 1 aliphatic rings. The third kappa shape index (κ3) is 5.09. The first-order valence-corrected chi connectivity index (χ1v) is 10.2. The second-order valence-electron chi connectivity index (χ2n) is 6.95. The van der Waals surface area contributed by atoms with Gasteiger partial charge in [-0.2, -0.15) is 0 Å². The van der Waals surface area contributed by atoms with E-state index in [0.29, 0.717) is 11.1 Å². The van der Waals surface area contributed by atoms with Crippen molar-refractivity contribution in [2.45, 2.75) is 50.7 Å². The van der Waals surface area contributed by atoms with Crippen molar-refractivity contribution in [2.24, 2.45) is 5.92 Å². The molecule has 1 fully saturated rings. The number of carbonyl (C=O) groups excluding carboxylic acids is 2. The highest BCUT2D eigenvalue weighted by atomic mass is 32.2. The molecule has 7 nitrogen and oxygen atoms in total. The van der Waals surface area contributed by atoms with Crippen molar-refractivity contribution in [3.63, 3.8) is 0 Å². The van der Waals surface area contributed by atoms with Crippen LogP contribution in [0.5, 0.6) is 0 Å². The number of para-hydroxylation sites is 1. The molecule has 3 rings (SSSR count). The van der Waals surface area contributed by atoms with Gasteiger partial charge in [0, 0.05) is 6.04 Å². The van der Waals surface area contributed by atoms with Crippen molar-refractivity contribution in [1.82, 2.24) is 25.4 Å². The van der Waals surface area contributed by atoms with Gasteiger partial charge in [0.2, 0.25) is 5.91 Å². The van der Waals surface area contributed by atoms with Crippen molar-refractivity contribution in [3.8, 4) is 5.69 Å². The molecule has 0 aliphatic heterocycles. The average Bonchev–Trinajstić information content (AvgIpc) is 3.10.